The summed E-state index contributed by atoms with van der Waals surface area (Å²) in [5.41, 5.74) is 1.50. The first-order chi connectivity index (χ1) is 12.6. The van der Waals surface area contributed by atoms with Gasteiger partial charge in [0.25, 0.3) is 0 Å². The number of hydrogen-bond donors (Lipinski definition) is 2. The smallest absolute Gasteiger partial charge is 0.216 e. The van der Waals surface area contributed by atoms with Gasteiger partial charge in [-0.2, -0.15) is 0 Å². The van der Waals surface area contributed by atoms with Crippen molar-refractivity contribution in [1.82, 2.24) is 9.97 Å². The van der Waals surface area contributed by atoms with Crippen molar-refractivity contribution in [2.24, 2.45) is 0 Å². The zero-order valence-corrected chi connectivity index (χ0v) is 15.8. The number of hydrogen-bond acceptors (Lipinski definition) is 5. The molecule has 2 heterocycles. The SMILES string of the molecule is [O-][S@+]1CCc2nc(/C=C/c3ccc(Cl)cc3)nc(NC3(CO)CCC3)c21. The van der Waals surface area contributed by atoms with Crippen LogP contribution in [0.25, 0.3) is 12.2 Å². The van der Waals surface area contributed by atoms with Gasteiger partial charge in [-0.05, 0) is 54.2 Å². The van der Waals surface area contributed by atoms with Crippen molar-refractivity contribution >= 4 is 40.7 Å². The minimum Gasteiger partial charge on any atom is -0.611 e. The molecule has 0 unspecified atom stereocenters. The van der Waals surface area contributed by atoms with E-state index in [9.17, 15) is 9.66 Å². The molecule has 2 aliphatic rings. The van der Waals surface area contributed by atoms with Gasteiger partial charge in [-0.3, -0.25) is 0 Å². The van der Waals surface area contributed by atoms with E-state index < -0.39 is 11.2 Å². The Morgan fingerprint density at radius 1 is 1.23 bits per heavy atom. The Labute approximate surface area is 160 Å². The monoisotopic (exact) mass is 389 g/mol. The number of aliphatic hydroxyl groups excluding tert-OH is 1. The molecule has 1 aromatic carbocycles. The largest absolute Gasteiger partial charge is 0.611 e. The highest BCUT2D eigenvalue weighted by molar-refractivity contribution is 7.91. The van der Waals surface area contributed by atoms with Crippen molar-refractivity contribution < 1.29 is 9.66 Å². The highest BCUT2D eigenvalue weighted by Crippen LogP contribution is 2.38. The predicted octanol–water partition coefficient (Wildman–Crippen LogP) is 3.29. The molecule has 0 bridgehead atoms. The summed E-state index contributed by atoms with van der Waals surface area (Å²) in [6.07, 6.45) is 7.33. The molecule has 5 nitrogen and oxygen atoms in total. The maximum absolute atomic E-state index is 12.4. The van der Waals surface area contributed by atoms with Crippen LogP contribution in [-0.2, 0) is 17.6 Å². The van der Waals surface area contributed by atoms with E-state index in [4.69, 9.17) is 11.6 Å². The maximum Gasteiger partial charge on any atom is 0.216 e. The van der Waals surface area contributed by atoms with Gasteiger partial charge in [0.2, 0.25) is 4.90 Å². The molecule has 7 heteroatoms. The van der Waals surface area contributed by atoms with Gasteiger partial charge in [0.15, 0.2) is 11.6 Å². The second kappa shape index (κ2) is 7.19. The van der Waals surface area contributed by atoms with Gasteiger partial charge in [-0.1, -0.05) is 29.8 Å². The van der Waals surface area contributed by atoms with Gasteiger partial charge in [0.1, 0.15) is 11.4 Å². The molecule has 1 aliphatic carbocycles. The fourth-order valence-corrected chi connectivity index (χ4v) is 4.73. The lowest BCUT2D eigenvalue weighted by molar-refractivity contribution is 0.143. The molecule has 2 aromatic rings. The van der Waals surface area contributed by atoms with E-state index in [1.165, 1.54) is 0 Å². The number of nitrogens with one attached hydrogen (secondary N) is 1. The molecule has 0 radical (unpaired) electrons. The zero-order valence-electron chi connectivity index (χ0n) is 14.2. The average Bonchev–Trinajstić information content (AvgIpc) is 2.99. The highest BCUT2D eigenvalue weighted by atomic mass is 35.5. The van der Waals surface area contributed by atoms with Crippen molar-refractivity contribution in [3.8, 4) is 0 Å². The first-order valence-corrected chi connectivity index (χ1v) is 10.4. The third-order valence-electron chi connectivity index (χ3n) is 5.00. The zero-order chi connectivity index (χ0) is 18.1. The van der Waals surface area contributed by atoms with Gasteiger partial charge >= 0.3 is 0 Å². The van der Waals surface area contributed by atoms with Crippen molar-refractivity contribution in [2.45, 2.75) is 36.1 Å². The summed E-state index contributed by atoms with van der Waals surface area (Å²) in [6.45, 7) is 0.0500. The highest BCUT2D eigenvalue weighted by Gasteiger charge is 2.40. The van der Waals surface area contributed by atoms with Crippen molar-refractivity contribution in [3.63, 3.8) is 0 Å². The number of rotatable bonds is 5. The minimum atomic E-state index is -1.08. The van der Waals surface area contributed by atoms with Gasteiger partial charge in [0, 0.05) is 11.4 Å². The molecule has 1 atom stereocenters. The molecule has 1 aromatic heterocycles. The molecule has 1 fully saturated rings. The summed E-state index contributed by atoms with van der Waals surface area (Å²) < 4.78 is 12.4. The van der Waals surface area contributed by atoms with Crippen LogP contribution in [0.3, 0.4) is 0 Å². The van der Waals surface area contributed by atoms with E-state index in [2.05, 4.69) is 15.3 Å². The van der Waals surface area contributed by atoms with E-state index in [0.717, 1.165) is 30.5 Å². The summed E-state index contributed by atoms with van der Waals surface area (Å²) in [5, 5.41) is 13.8. The molecule has 1 aliphatic heterocycles. The third-order valence-corrected chi connectivity index (χ3v) is 6.71. The molecular formula is C19H20ClN3O2S. The van der Waals surface area contributed by atoms with E-state index >= 15 is 0 Å². The Bertz CT molecular complexity index is 832. The fourth-order valence-electron chi connectivity index (χ4n) is 3.30. The van der Waals surface area contributed by atoms with Crippen molar-refractivity contribution in [3.05, 3.63) is 46.4 Å². The molecule has 0 amide bonds. The Morgan fingerprint density at radius 3 is 2.65 bits per heavy atom. The summed E-state index contributed by atoms with van der Waals surface area (Å²) in [6, 6.07) is 7.52. The van der Waals surface area contributed by atoms with Crippen LogP contribution in [0, 0.1) is 0 Å². The lowest BCUT2D eigenvalue weighted by atomic mass is 9.77. The van der Waals surface area contributed by atoms with Crippen LogP contribution in [0.2, 0.25) is 5.02 Å². The summed E-state index contributed by atoms with van der Waals surface area (Å²) in [4.78, 5) is 9.88. The lowest BCUT2D eigenvalue weighted by Gasteiger charge is -2.41. The van der Waals surface area contributed by atoms with Crippen molar-refractivity contribution in [1.29, 1.82) is 0 Å². The second-order valence-corrected chi connectivity index (χ2v) is 8.75. The second-order valence-electron chi connectivity index (χ2n) is 6.81. The van der Waals surface area contributed by atoms with E-state index in [0.29, 0.717) is 33.7 Å². The Morgan fingerprint density at radius 2 is 2.00 bits per heavy atom. The van der Waals surface area contributed by atoms with Crippen LogP contribution in [0.4, 0.5) is 5.82 Å². The fraction of sp³-hybridized carbons (Fsp3) is 0.368. The first-order valence-electron chi connectivity index (χ1n) is 8.71. The molecule has 0 spiro atoms. The standard InChI is InChI=1S/C19H20ClN3O2S/c20-14-5-2-13(3-6-14)4-7-16-21-15-8-11-26(25)17(15)18(22-16)23-19(12-24)9-1-10-19/h2-7,24H,1,8-12H2,(H,21,22,23)/b7-4+/t26-/m1/s1. The first kappa shape index (κ1) is 17.8. The topological polar surface area (TPSA) is 81.1 Å². The van der Waals surface area contributed by atoms with Gasteiger partial charge in [0.05, 0.1) is 12.1 Å². The van der Waals surface area contributed by atoms with E-state index in [-0.39, 0.29) is 12.1 Å². The van der Waals surface area contributed by atoms with Crippen LogP contribution < -0.4 is 5.32 Å². The Hall–Kier alpha value is -1.60. The number of benzene rings is 1. The van der Waals surface area contributed by atoms with Crippen LogP contribution in [0.5, 0.6) is 0 Å². The predicted molar refractivity (Wildman–Crippen MR) is 105 cm³/mol. The molecule has 0 saturated heterocycles. The Kier molecular flexibility index (Phi) is 4.92. The Balaban J connectivity index is 1.66. The van der Waals surface area contributed by atoms with Crippen LogP contribution >= 0.6 is 11.6 Å². The number of nitrogens with zero attached hydrogens (tertiary/aromatic N) is 2. The van der Waals surface area contributed by atoms with Crippen LogP contribution in [0.1, 0.15) is 36.3 Å². The third kappa shape index (κ3) is 3.47. The van der Waals surface area contributed by atoms with Gasteiger partial charge in [-0.15, -0.1) is 0 Å². The number of halogens is 1. The number of anilines is 1. The van der Waals surface area contributed by atoms with Crippen LogP contribution in [0.15, 0.2) is 29.2 Å². The van der Waals surface area contributed by atoms with Crippen LogP contribution in [-0.4, -0.2) is 37.5 Å². The average molecular weight is 390 g/mol. The lowest BCUT2D eigenvalue weighted by Crippen LogP contribution is -2.48. The molecule has 4 rings (SSSR count). The quantitative estimate of drug-likeness (QED) is 0.767. The molecule has 136 valence electrons. The summed E-state index contributed by atoms with van der Waals surface area (Å²) in [5.74, 6) is 1.76. The van der Waals surface area contributed by atoms with Gasteiger partial charge in [-0.25, -0.2) is 9.97 Å². The normalized spacial score (nSPS) is 20.8. The number of aliphatic hydroxyl groups is 1. The summed E-state index contributed by atoms with van der Waals surface area (Å²) >= 11 is 4.83. The van der Waals surface area contributed by atoms with E-state index in [1.807, 2.05) is 36.4 Å². The molecular weight excluding hydrogens is 370 g/mol. The van der Waals surface area contributed by atoms with Gasteiger partial charge < -0.3 is 15.0 Å². The number of aromatic nitrogens is 2. The summed E-state index contributed by atoms with van der Waals surface area (Å²) in [7, 11) is 0. The molecule has 26 heavy (non-hydrogen) atoms. The minimum absolute atomic E-state index is 0.0500. The number of aryl methyl sites for hydroxylation is 1. The van der Waals surface area contributed by atoms with Crippen molar-refractivity contribution in [2.75, 3.05) is 17.7 Å². The molecule has 2 N–H and O–H groups in total. The molecule has 1 saturated carbocycles. The number of fused-ring (bicyclic) bond motifs is 1. The van der Waals surface area contributed by atoms with E-state index in [1.54, 1.807) is 0 Å². The maximum atomic E-state index is 12.4.